The van der Waals surface area contributed by atoms with Gasteiger partial charge in [0.2, 0.25) is 0 Å². The first-order chi connectivity index (χ1) is 16.3. The number of carbonyl (C=O) groups excluding carboxylic acids is 1. The SMILES string of the molecule is Cn1cc(NC(=O)c2cccc(Cn3nc(-c4cnn(CCN)c4)ccc3=O)c2)c(C(=O)O)n1.[H-].[Li+]. The maximum Gasteiger partial charge on any atom is 1.00 e. The second kappa shape index (κ2) is 11.0. The number of nitrogens with one attached hydrogen (secondary N) is 1. The molecule has 13 heteroatoms. The molecule has 1 amide bonds. The number of carboxylic acids is 1. The Morgan fingerprint density at radius 1 is 1.17 bits per heavy atom. The van der Waals surface area contributed by atoms with Crippen LogP contribution in [0.3, 0.4) is 0 Å². The van der Waals surface area contributed by atoms with Crippen LogP contribution in [0.1, 0.15) is 27.8 Å². The number of benzene rings is 1. The topological polar surface area (TPSA) is 163 Å². The number of carbonyl (C=O) groups is 2. The van der Waals surface area contributed by atoms with Gasteiger partial charge in [-0.2, -0.15) is 15.3 Å². The van der Waals surface area contributed by atoms with Crippen molar-refractivity contribution in [1.29, 1.82) is 0 Å². The van der Waals surface area contributed by atoms with Gasteiger partial charge in [0.15, 0.2) is 5.69 Å². The van der Waals surface area contributed by atoms with Crippen molar-refractivity contribution in [3.8, 4) is 11.3 Å². The van der Waals surface area contributed by atoms with Crippen LogP contribution in [0.15, 0.2) is 59.8 Å². The summed E-state index contributed by atoms with van der Waals surface area (Å²) in [4.78, 5) is 36.4. The van der Waals surface area contributed by atoms with Crippen LogP contribution in [0.5, 0.6) is 0 Å². The molecule has 0 fully saturated rings. The summed E-state index contributed by atoms with van der Waals surface area (Å²) in [5, 5.41) is 24.3. The van der Waals surface area contributed by atoms with E-state index in [9.17, 15) is 19.5 Å². The van der Waals surface area contributed by atoms with Crippen molar-refractivity contribution >= 4 is 17.6 Å². The van der Waals surface area contributed by atoms with Crippen LogP contribution < -0.4 is 35.5 Å². The Hall–Kier alpha value is -3.98. The van der Waals surface area contributed by atoms with Gasteiger partial charge in [0, 0.05) is 43.2 Å². The van der Waals surface area contributed by atoms with E-state index in [-0.39, 0.29) is 43.8 Å². The summed E-state index contributed by atoms with van der Waals surface area (Å²) in [5.41, 5.74) is 7.39. The third-order valence-corrected chi connectivity index (χ3v) is 4.95. The minimum absolute atomic E-state index is 0. The third kappa shape index (κ3) is 5.93. The van der Waals surface area contributed by atoms with E-state index in [1.165, 1.54) is 21.6 Å². The molecule has 4 N–H and O–H groups in total. The minimum atomic E-state index is -1.25. The van der Waals surface area contributed by atoms with Gasteiger partial charge >= 0.3 is 24.8 Å². The molecule has 4 rings (SSSR count). The van der Waals surface area contributed by atoms with Crippen LogP contribution in [-0.2, 0) is 20.1 Å². The molecule has 0 aliphatic heterocycles. The average Bonchev–Trinajstić information content (AvgIpc) is 3.42. The molecule has 12 nitrogen and oxygen atoms in total. The molecule has 35 heavy (non-hydrogen) atoms. The van der Waals surface area contributed by atoms with Gasteiger partial charge in [-0.15, -0.1) is 0 Å². The number of anilines is 1. The van der Waals surface area contributed by atoms with Gasteiger partial charge in [-0.3, -0.25) is 19.0 Å². The number of nitrogens with two attached hydrogens (primary N) is 1. The Kier molecular flexibility index (Phi) is 8.03. The second-order valence-electron chi connectivity index (χ2n) is 7.52. The quantitative estimate of drug-likeness (QED) is 0.247. The summed E-state index contributed by atoms with van der Waals surface area (Å²) in [6.45, 7) is 1.16. The fourth-order valence-corrected chi connectivity index (χ4v) is 3.38. The molecule has 176 valence electrons. The molecule has 0 aliphatic rings. The predicted octanol–water partition coefficient (Wildman–Crippen LogP) is -2.09. The molecule has 0 radical (unpaired) electrons. The number of aromatic nitrogens is 6. The van der Waals surface area contributed by atoms with Crippen molar-refractivity contribution in [1.82, 2.24) is 29.3 Å². The summed E-state index contributed by atoms with van der Waals surface area (Å²) in [7, 11) is 1.56. The minimum Gasteiger partial charge on any atom is -1.00 e. The summed E-state index contributed by atoms with van der Waals surface area (Å²) in [5.74, 6) is -1.75. The largest absolute Gasteiger partial charge is 1.00 e. The number of hydrogen-bond acceptors (Lipinski definition) is 7. The van der Waals surface area contributed by atoms with Gasteiger partial charge in [0.05, 0.1) is 30.7 Å². The van der Waals surface area contributed by atoms with Gasteiger partial charge in [0.25, 0.3) is 11.5 Å². The monoisotopic (exact) mass is 470 g/mol. The van der Waals surface area contributed by atoms with Crippen molar-refractivity contribution in [2.45, 2.75) is 13.1 Å². The van der Waals surface area contributed by atoms with Crippen molar-refractivity contribution in [2.75, 3.05) is 11.9 Å². The van der Waals surface area contributed by atoms with E-state index in [1.54, 1.807) is 54.5 Å². The first kappa shape index (κ1) is 25.6. The van der Waals surface area contributed by atoms with Crippen LogP contribution in [0.2, 0.25) is 0 Å². The van der Waals surface area contributed by atoms with E-state index < -0.39 is 11.9 Å². The number of hydrogen-bond donors (Lipinski definition) is 3. The van der Waals surface area contributed by atoms with Crippen LogP contribution in [0.4, 0.5) is 5.69 Å². The van der Waals surface area contributed by atoms with E-state index in [1.807, 2.05) is 0 Å². The van der Waals surface area contributed by atoms with Crippen LogP contribution in [0, 0.1) is 0 Å². The Bertz CT molecular complexity index is 1430. The summed E-state index contributed by atoms with van der Waals surface area (Å²) in [6, 6.07) is 9.71. The number of rotatable bonds is 8. The van der Waals surface area contributed by atoms with Crippen molar-refractivity contribution in [2.24, 2.45) is 12.8 Å². The molecule has 0 spiro atoms. The number of nitrogens with zero attached hydrogens (tertiary/aromatic N) is 6. The van der Waals surface area contributed by atoms with E-state index in [2.05, 4.69) is 20.6 Å². The van der Waals surface area contributed by atoms with Crippen LogP contribution >= 0.6 is 0 Å². The van der Waals surface area contributed by atoms with Gasteiger partial charge < -0.3 is 17.6 Å². The van der Waals surface area contributed by atoms with E-state index in [0.717, 1.165) is 5.56 Å². The Labute approximate surface area is 213 Å². The first-order valence-corrected chi connectivity index (χ1v) is 10.3. The summed E-state index contributed by atoms with van der Waals surface area (Å²) >= 11 is 0. The fraction of sp³-hybridized carbons (Fsp3) is 0.182. The molecule has 3 heterocycles. The van der Waals surface area contributed by atoms with E-state index in [4.69, 9.17) is 5.73 Å². The Morgan fingerprint density at radius 2 is 1.97 bits per heavy atom. The third-order valence-electron chi connectivity index (χ3n) is 4.95. The molecule has 0 unspecified atom stereocenters. The van der Waals surface area contributed by atoms with E-state index >= 15 is 0 Å². The Morgan fingerprint density at radius 3 is 2.71 bits per heavy atom. The normalized spacial score (nSPS) is 10.6. The summed E-state index contributed by atoms with van der Waals surface area (Å²) < 4.78 is 4.31. The van der Waals surface area contributed by atoms with Crippen LogP contribution in [-0.4, -0.2) is 52.9 Å². The fourth-order valence-electron chi connectivity index (χ4n) is 3.38. The zero-order valence-corrected chi connectivity index (χ0v) is 19.3. The molecule has 1 aromatic carbocycles. The zero-order chi connectivity index (χ0) is 24.2. The maximum atomic E-state index is 12.7. The van der Waals surface area contributed by atoms with Crippen LogP contribution in [0.25, 0.3) is 11.3 Å². The van der Waals surface area contributed by atoms with Gasteiger partial charge in [-0.05, 0) is 23.8 Å². The summed E-state index contributed by atoms with van der Waals surface area (Å²) in [6.07, 6.45) is 4.87. The van der Waals surface area contributed by atoms with Crippen molar-refractivity contribution < 1.29 is 35.0 Å². The number of aryl methyl sites for hydroxylation is 1. The van der Waals surface area contributed by atoms with Crippen molar-refractivity contribution in [3.63, 3.8) is 0 Å². The molecule has 3 aromatic heterocycles. The van der Waals surface area contributed by atoms with Gasteiger partial charge in [0.1, 0.15) is 0 Å². The van der Waals surface area contributed by atoms with Gasteiger partial charge in [-0.1, -0.05) is 12.1 Å². The number of amides is 1. The number of carboxylic acid groups (broad SMARTS) is 1. The molecular weight excluding hydrogens is 447 g/mol. The first-order valence-electron chi connectivity index (χ1n) is 10.3. The molecule has 0 saturated carbocycles. The van der Waals surface area contributed by atoms with Gasteiger partial charge in [-0.25, -0.2) is 9.48 Å². The standard InChI is InChI=1S/C22H22N8O4.Li.H/c1-28-13-18(20(27-28)22(33)34)25-21(32)15-4-2-3-14(9-15)11-30-19(31)6-5-17(26-30)16-10-24-29(12-16)8-7-23;;/h2-6,9-10,12-13H,7-8,11,23H2,1H3,(H,25,32)(H,33,34);;/q;+1;-1. The molecule has 0 aliphatic carbocycles. The maximum absolute atomic E-state index is 12.7. The molecule has 0 atom stereocenters. The van der Waals surface area contributed by atoms with E-state index in [0.29, 0.717) is 29.9 Å². The smallest absolute Gasteiger partial charge is 1.00 e. The zero-order valence-electron chi connectivity index (χ0n) is 20.3. The number of aromatic carboxylic acids is 1. The molecule has 0 saturated heterocycles. The predicted molar refractivity (Wildman–Crippen MR) is 124 cm³/mol. The molecule has 4 aromatic rings. The average molecular weight is 470 g/mol. The molecule has 0 bridgehead atoms. The Balaban J connectivity index is 0.00000228. The second-order valence-corrected chi connectivity index (χ2v) is 7.52. The van der Waals surface area contributed by atoms with Crippen molar-refractivity contribution in [3.05, 3.63) is 82.2 Å². The molecular formula is C22H23LiN8O4.